The van der Waals surface area contributed by atoms with Crippen LogP contribution >= 0.6 is 34.8 Å². The van der Waals surface area contributed by atoms with Gasteiger partial charge in [-0.1, -0.05) is 48.1 Å². The van der Waals surface area contributed by atoms with Crippen LogP contribution < -0.4 is 0 Å². The average Bonchev–Trinajstić information content (AvgIpc) is 2.12. The minimum absolute atomic E-state index is 0.581. The molecule has 0 bridgehead atoms. The lowest BCUT2D eigenvalue weighted by Crippen LogP contribution is -1.88. The first-order chi connectivity index (χ1) is 6.16. The molecule has 72 valence electrons. The minimum Gasteiger partial charge on any atom is -0.0840 e. The van der Waals surface area contributed by atoms with E-state index in [0.717, 1.165) is 24.8 Å². The molecule has 0 spiro atoms. The third-order valence-electron chi connectivity index (χ3n) is 1.92. The highest BCUT2D eigenvalue weighted by Gasteiger charge is 2.08. The fraction of sp³-hybridized carbons (Fsp3) is 0.400. The van der Waals surface area contributed by atoms with Crippen LogP contribution in [-0.4, -0.2) is 0 Å². The molecule has 0 aromatic heterocycles. The van der Waals surface area contributed by atoms with Crippen molar-refractivity contribution in [2.45, 2.75) is 26.2 Å². The van der Waals surface area contributed by atoms with Crippen LogP contribution in [0.4, 0.5) is 0 Å². The summed E-state index contributed by atoms with van der Waals surface area (Å²) < 4.78 is 0. The Labute approximate surface area is 93.8 Å². The van der Waals surface area contributed by atoms with Gasteiger partial charge in [0, 0.05) is 5.02 Å². The van der Waals surface area contributed by atoms with Gasteiger partial charge in [0.15, 0.2) is 0 Å². The molecular weight excluding hydrogens is 226 g/mol. The van der Waals surface area contributed by atoms with Gasteiger partial charge in [-0.15, -0.1) is 0 Å². The Morgan fingerprint density at radius 2 is 1.69 bits per heavy atom. The van der Waals surface area contributed by atoms with Crippen LogP contribution in [0.2, 0.25) is 15.1 Å². The fourth-order valence-corrected chi connectivity index (χ4v) is 1.89. The van der Waals surface area contributed by atoms with E-state index in [1.807, 2.05) is 0 Å². The number of rotatable bonds is 3. The second-order valence-electron chi connectivity index (χ2n) is 2.93. The van der Waals surface area contributed by atoms with E-state index in [4.69, 9.17) is 34.8 Å². The summed E-state index contributed by atoms with van der Waals surface area (Å²) in [5.74, 6) is 0. The maximum absolute atomic E-state index is 6.02. The predicted octanol–water partition coefficient (Wildman–Crippen LogP) is 4.99. The second-order valence-corrected chi connectivity index (χ2v) is 4.12. The molecule has 0 aliphatic heterocycles. The Kier molecular flexibility index (Phi) is 4.37. The van der Waals surface area contributed by atoms with Gasteiger partial charge in [-0.2, -0.15) is 0 Å². The van der Waals surface area contributed by atoms with E-state index in [9.17, 15) is 0 Å². The zero-order chi connectivity index (χ0) is 9.84. The molecule has 0 N–H and O–H groups in total. The van der Waals surface area contributed by atoms with Crippen LogP contribution in [0.1, 0.15) is 25.3 Å². The number of benzene rings is 1. The van der Waals surface area contributed by atoms with E-state index >= 15 is 0 Å². The molecule has 1 aromatic rings. The van der Waals surface area contributed by atoms with E-state index < -0.39 is 0 Å². The van der Waals surface area contributed by atoms with Crippen molar-refractivity contribution < 1.29 is 0 Å². The van der Waals surface area contributed by atoms with Gasteiger partial charge in [0.05, 0.1) is 10.0 Å². The Hall–Kier alpha value is 0.0900. The van der Waals surface area contributed by atoms with Gasteiger partial charge >= 0.3 is 0 Å². The summed E-state index contributed by atoms with van der Waals surface area (Å²) in [5, 5.41) is 1.89. The molecule has 0 atom stereocenters. The first kappa shape index (κ1) is 11.2. The molecule has 0 fully saturated rings. The van der Waals surface area contributed by atoms with Gasteiger partial charge in [0.2, 0.25) is 0 Å². The van der Waals surface area contributed by atoms with Crippen LogP contribution in [0.15, 0.2) is 12.1 Å². The summed E-state index contributed by atoms with van der Waals surface area (Å²) in [6.45, 7) is 2.13. The lowest BCUT2D eigenvalue weighted by atomic mass is 10.1. The van der Waals surface area contributed by atoms with Gasteiger partial charge in [-0.25, -0.2) is 0 Å². The Bertz CT molecular complexity index is 294. The molecule has 0 unspecified atom stereocenters. The van der Waals surface area contributed by atoms with Crippen LogP contribution in [0, 0.1) is 0 Å². The molecule has 0 aliphatic carbocycles. The molecular formula is C10H11Cl3. The normalized spacial score (nSPS) is 10.5. The van der Waals surface area contributed by atoms with Crippen LogP contribution in [0.25, 0.3) is 0 Å². The quantitative estimate of drug-likeness (QED) is 0.650. The fourth-order valence-electron chi connectivity index (χ4n) is 1.15. The number of halogens is 3. The maximum atomic E-state index is 6.02. The lowest BCUT2D eigenvalue weighted by Gasteiger charge is -2.07. The Morgan fingerprint density at radius 3 is 2.31 bits per heavy atom. The van der Waals surface area contributed by atoms with Gasteiger partial charge in [-0.3, -0.25) is 0 Å². The van der Waals surface area contributed by atoms with Gasteiger partial charge < -0.3 is 0 Å². The molecule has 0 amide bonds. The molecule has 1 aromatic carbocycles. The van der Waals surface area contributed by atoms with Gasteiger partial charge in [0.1, 0.15) is 0 Å². The van der Waals surface area contributed by atoms with Crippen LogP contribution in [0.3, 0.4) is 0 Å². The molecule has 0 heterocycles. The topological polar surface area (TPSA) is 0 Å². The number of hydrogen-bond donors (Lipinski definition) is 0. The van der Waals surface area contributed by atoms with Crippen LogP contribution in [0.5, 0.6) is 0 Å². The predicted molar refractivity (Wildman–Crippen MR) is 60.1 cm³/mol. The summed E-state index contributed by atoms with van der Waals surface area (Å²) in [6.07, 6.45) is 3.10. The minimum atomic E-state index is 0.581. The third-order valence-corrected chi connectivity index (χ3v) is 3.12. The Morgan fingerprint density at radius 1 is 1.08 bits per heavy atom. The molecule has 13 heavy (non-hydrogen) atoms. The second kappa shape index (κ2) is 5.09. The summed E-state index contributed by atoms with van der Waals surface area (Å²) in [7, 11) is 0. The zero-order valence-corrected chi connectivity index (χ0v) is 9.68. The molecule has 3 heteroatoms. The first-order valence-corrected chi connectivity index (χ1v) is 5.42. The third kappa shape index (κ3) is 2.77. The highest BCUT2D eigenvalue weighted by Crippen LogP contribution is 2.32. The van der Waals surface area contributed by atoms with Crippen molar-refractivity contribution in [3.8, 4) is 0 Å². The van der Waals surface area contributed by atoms with E-state index in [0.29, 0.717) is 15.1 Å². The van der Waals surface area contributed by atoms with Crippen molar-refractivity contribution in [1.82, 2.24) is 0 Å². The SMILES string of the molecule is CCCCc1c(Cl)ccc(Cl)c1Cl. The van der Waals surface area contributed by atoms with Crippen molar-refractivity contribution in [2.24, 2.45) is 0 Å². The van der Waals surface area contributed by atoms with Crippen molar-refractivity contribution in [3.63, 3.8) is 0 Å². The highest BCUT2D eigenvalue weighted by atomic mass is 35.5. The molecule has 0 radical (unpaired) electrons. The smallest absolute Gasteiger partial charge is 0.0639 e. The van der Waals surface area contributed by atoms with E-state index in [-0.39, 0.29) is 0 Å². The zero-order valence-electron chi connectivity index (χ0n) is 7.41. The molecule has 0 aliphatic rings. The summed E-state index contributed by atoms with van der Waals surface area (Å²) >= 11 is 17.9. The van der Waals surface area contributed by atoms with Crippen LogP contribution in [-0.2, 0) is 6.42 Å². The molecule has 0 nitrogen and oxygen atoms in total. The van der Waals surface area contributed by atoms with Gasteiger partial charge in [0.25, 0.3) is 0 Å². The highest BCUT2D eigenvalue weighted by molar-refractivity contribution is 6.44. The first-order valence-electron chi connectivity index (χ1n) is 4.29. The van der Waals surface area contributed by atoms with Crippen molar-refractivity contribution >= 4 is 34.8 Å². The molecule has 1 rings (SSSR count). The lowest BCUT2D eigenvalue weighted by molar-refractivity contribution is 0.795. The summed E-state index contributed by atoms with van der Waals surface area (Å²) in [6, 6.07) is 3.52. The standard InChI is InChI=1S/C10H11Cl3/c1-2-3-4-7-8(11)5-6-9(12)10(7)13/h5-6H,2-4H2,1H3. The summed E-state index contributed by atoms with van der Waals surface area (Å²) in [4.78, 5) is 0. The van der Waals surface area contributed by atoms with Crippen molar-refractivity contribution in [3.05, 3.63) is 32.8 Å². The van der Waals surface area contributed by atoms with E-state index in [2.05, 4.69) is 6.92 Å². The average molecular weight is 238 g/mol. The Balaban J connectivity index is 2.96. The van der Waals surface area contributed by atoms with E-state index in [1.54, 1.807) is 12.1 Å². The summed E-state index contributed by atoms with van der Waals surface area (Å²) in [5.41, 5.74) is 0.970. The number of unbranched alkanes of at least 4 members (excludes halogenated alkanes) is 1. The monoisotopic (exact) mass is 236 g/mol. The van der Waals surface area contributed by atoms with E-state index in [1.165, 1.54) is 0 Å². The number of hydrogen-bond acceptors (Lipinski definition) is 0. The largest absolute Gasteiger partial charge is 0.0840 e. The maximum Gasteiger partial charge on any atom is 0.0639 e. The molecule has 0 saturated heterocycles. The van der Waals surface area contributed by atoms with Crippen molar-refractivity contribution in [2.75, 3.05) is 0 Å². The molecule has 0 saturated carbocycles. The van der Waals surface area contributed by atoms with Gasteiger partial charge in [-0.05, 0) is 30.5 Å². The van der Waals surface area contributed by atoms with Crippen molar-refractivity contribution in [1.29, 1.82) is 0 Å².